The smallest absolute Gasteiger partial charge is 0.225 e. The molecule has 0 spiro atoms. The number of phenolic OH excluding ortho intramolecular Hbond substituents is 1. The lowest BCUT2D eigenvalue weighted by Crippen LogP contribution is -2.23. The summed E-state index contributed by atoms with van der Waals surface area (Å²) in [5, 5.41) is 9.07. The number of nitrogens with two attached hydrogens (primary N) is 2. The molecule has 0 bridgehead atoms. The van der Waals surface area contributed by atoms with Crippen molar-refractivity contribution in [2.24, 2.45) is 11.5 Å². The van der Waals surface area contributed by atoms with Gasteiger partial charge in [-0.1, -0.05) is 12.1 Å². The Labute approximate surface area is 94.7 Å². The molecule has 0 aliphatic heterocycles. The average molecular weight is 231 g/mol. The molecule has 4 nitrogen and oxygen atoms in total. The first-order valence-electron chi connectivity index (χ1n) is 4.43. The number of primary amides is 1. The van der Waals surface area contributed by atoms with Gasteiger partial charge in [-0.15, -0.1) is 12.4 Å². The number of aromatic hydroxyl groups is 1. The standard InChI is InChI=1S/C10H14N2O2.ClH/c11-6-5-9(10(12)14)7-1-3-8(13)4-2-7;/h1-4,9,13H,5-6,11H2,(H2,12,14);1H. The topological polar surface area (TPSA) is 89.3 Å². The fourth-order valence-electron chi connectivity index (χ4n) is 1.35. The normalized spacial score (nSPS) is 11.5. The molecule has 0 aliphatic carbocycles. The van der Waals surface area contributed by atoms with Crippen molar-refractivity contribution >= 4 is 18.3 Å². The summed E-state index contributed by atoms with van der Waals surface area (Å²) in [5.74, 6) is -0.577. The summed E-state index contributed by atoms with van der Waals surface area (Å²) >= 11 is 0. The molecule has 1 amide bonds. The average Bonchev–Trinajstić information content (AvgIpc) is 2.15. The molecule has 0 aromatic heterocycles. The summed E-state index contributed by atoms with van der Waals surface area (Å²) in [5.41, 5.74) is 11.4. The first kappa shape index (κ1) is 13.7. The fourth-order valence-corrected chi connectivity index (χ4v) is 1.35. The zero-order valence-electron chi connectivity index (χ0n) is 8.22. The van der Waals surface area contributed by atoms with E-state index in [-0.39, 0.29) is 30.0 Å². The molecule has 1 unspecified atom stereocenters. The number of amides is 1. The Balaban J connectivity index is 0.00000196. The monoisotopic (exact) mass is 230 g/mol. The predicted octanol–water partition coefficient (Wildman–Crippen LogP) is 0.732. The summed E-state index contributed by atoms with van der Waals surface area (Å²) in [6.45, 7) is 0.411. The summed E-state index contributed by atoms with van der Waals surface area (Å²) in [4.78, 5) is 11.1. The number of phenols is 1. The lowest BCUT2D eigenvalue weighted by molar-refractivity contribution is -0.119. The largest absolute Gasteiger partial charge is 0.508 e. The molecule has 0 fully saturated rings. The van der Waals surface area contributed by atoms with Crippen molar-refractivity contribution in [3.63, 3.8) is 0 Å². The number of halogens is 1. The number of carbonyl (C=O) groups excluding carboxylic acids is 1. The van der Waals surface area contributed by atoms with Gasteiger partial charge >= 0.3 is 0 Å². The van der Waals surface area contributed by atoms with Gasteiger partial charge in [-0.2, -0.15) is 0 Å². The van der Waals surface area contributed by atoms with Gasteiger partial charge in [0, 0.05) is 0 Å². The van der Waals surface area contributed by atoms with Crippen LogP contribution >= 0.6 is 12.4 Å². The van der Waals surface area contributed by atoms with E-state index in [1.165, 1.54) is 12.1 Å². The fraction of sp³-hybridized carbons (Fsp3) is 0.300. The Bertz CT molecular complexity index is 314. The van der Waals surface area contributed by atoms with Crippen LogP contribution in [0.5, 0.6) is 5.75 Å². The Morgan fingerprint density at radius 1 is 1.33 bits per heavy atom. The van der Waals surface area contributed by atoms with E-state index in [9.17, 15) is 4.79 Å². The van der Waals surface area contributed by atoms with Gasteiger partial charge in [-0.3, -0.25) is 4.79 Å². The predicted molar refractivity (Wildman–Crippen MR) is 61.0 cm³/mol. The maximum Gasteiger partial charge on any atom is 0.225 e. The maximum absolute atomic E-state index is 11.1. The first-order valence-corrected chi connectivity index (χ1v) is 4.43. The number of carbonyl (C=O) groups is 1. The highest BCUT2D eigenvalue weighted by atomic mass is 35.5. The lowest BCUT2D eigenvalue weighted by Gasteiger charge is -2.12. The molecule has 15 heavy (non-hydrogen) atoms. The molecule has 84 valence electrons. The Hall–Kier alpha value is -1.26. The highest BCUT2D eigenvalue weighted by Gasteiger charge is 2.16. The summed E-state index contributed by atoms with van der Waals surface area (Å²) < 4.78 is 0. The van der Waals surface area contributed by atoms with Crippen LogP contribution in [0.2, 0.25) is 0 Å². The van der Waals surface area contributed by atoms with E-state index in [0.717, 1.165) is 5.56 Å². The minimum absolute atomic E-state index is 0. The van der Waals surface area contributed by atoms with Crippen LogP contribution in [0.4, 0.5) is 0 Å². The molecule has 0 radical (unpaired) electrons. The highest BCUT2D eigenvalue weighted by molar-refractivity contribution is 5.85. The Morgan fingerprint density at radius 2 is 1.87 bits per heavy atom. The van der Waals surface area contributed by atoms with Crippen molar-refractivity contribution in [1.29, 1.82) is 0 Å². The third-order valence-electron chi connectivity index (χ3n) is 2.09. The molecule has 0 aliphatic rings. The van der Waals surface area contributed by atoms with E-state index in [1.807, 2.05) is 0 Å². The Kier molecular flexibility index (Phi) is 5.74. The van der Waals surface area contributed by atoms with Crippen LogP contribution in [0.1, 0.15) is 17.9 Å². The molecule has 5 N–H and O–H groups in total. The molecular formula is C10H15ClN2O2. The van der Waals surface area contributed by atoms with Crippen LogP contribution in [-0.2, 0) is 4.79 Å². The van der Waals surface area contributed by atoms with Crippen molar-refractivity contribution in [1.82, 2.24) is 0 Å². The van der Waals surface area contributed by atoms with Crippen molar-refractivity contribution in [2.45, 2.75) is 12.3 Å². The molecule has 0 saturated heterocycles. The van der Waals surface area contributed by atoms with Gasteiger partial charge in [0.2, 0.25) is 5.91 Å². The van der Waals surface area contributed by atoms with Gasteiger partial charge < -0.3 is 16.6 Å². The highest BCUT2D eigenvalue weighted by Crippen LogP contribution is 2.20. The van der Waals surface area contributed by atoms with Crippen molar-refractivity contribution in [2.75, 3.05) is 6.54 Å². The van der Waals surface area contributed by atoms with E-state index in [1.54, 1.807) is 12.1 Å². The summed E-state index contributed by atoms with van der Waals surface area (Å²) in [6.07, 6.45) is 0.528. The second-order valence-electron chi connectivity index (χ2n) is 3.12. The molecule has 0 heterocycles. The van der Waals surface area contributed by atoms with Crippen molar-refractivity contribution in [3.05, 3.63) is 29.8 Å². The van der Waals surface area contributed by atoms with Crippen LogP contribution in [0.25, 0.3) is 0 Å². The Morgan fingerprint density at radius 3 is 2.27 bits per heavy atom. The number of hydrogen-bond acceptors (Lipinski definition) is 3. The third kappa shape index (κ3) is 3.77. The van der Waals surface area contributed by atoms with E-state index >= 15 is 0 Å². The zero-order chi connectivity index (χ0) is 10.6. The second kappa shape index (κ2) is 6.27. The number of rotatable bonds is 4. The SMILES string of the molecule is Cl.NCCC(C(N)=O)c1ccc(O)cc1. The van der Waals surface area contributed by atoms with Gasteiger partial charge in [0.25, 0.3) is 0 Å². The molecular weight excluding hydrogens is 216 g/mol. The van der Waals surface area contributed by atoms with Crippen LogP contribution < -0.4 is 11.5 Å². The van der Waals surface area contributed by atoms with E-state index in [0.29, 0.717) is 13.0 Å². The lowest BCUT2D eigenvalue weighted by atomic mass is 9.95. The van der Waals surface area contributed by atoms with Gasteiger partial charge in [-0.25, -0.2) is 0 Å². The van der Waals surface area contributed by atoms with Gasteiger partial charge in [0.1, 0.15) is 5.75 Å². The van der Waals surface area contributed by atoms with Gasteiger partial charge in [0.15, 0.2) is 0 Å². The maximum atomic E-state index is 11.1. The van der Waals surface area contributed by atoms with E-state index < -0.39 is 0 Å². The van der Waals surface area contributed by atoms with Crippen molar-refractivity contribution in [3.8, 4) is 5.75 Å². The number of hydrogen-bond donors (Lipinski definition) is 3. The molecule has 1 aromatic carbocycles. The van der Waals surface area contributed by atoms with Gasteiger partial charge in [0.05, 0.1) is 5.92 Å². The molecule has 1 rings (SSSR count). The molecule has 1 aromatic rings. The summed E-state index contributed by atoms with van der Waals surface area (Å²) in [6, 6.07) is 6.42. The van der Waals surface area contributed by atoms with E-state index in [2.05, 4.69) is 0 Å². The first-order chi connectivity index (χ1) is 6.65. The molecule has 5 heteroatoms. The molecule has 1 atom stereocenters. The minimum Gasteiger partial charge on any atom is -0.508 e. The van der Waals surface area contributed by atoms with Gasteiger partial charge in [-0.05, 0) is 30.7 Å². The zero-order valence-corrected chi connectivity index (χ0v) is 9.04. The quantitative estimate of drug-likeness (QED) is 0.713. The summed E-state index contributed by atoms with van der Waals surface area (Å²) in [7, 11) is 0. The number of benzene rings is 1. The minimum atomic E-state index is -0.388. The third-order valence-corrected chi connectivity index (χ3v) is 2.09. The van der Waals surface area contributed by atoms with Crippen LogP contribution in [0, 0.1) is 0 Å². The van der Waals surface area contributed by atoms with Crippen LogP contribution in [0.15, 0.2) is 24.3 Å². The van der Waals surface area contributed by atoms with Crippen LogP contribution in [-0.4, -0.2) is 17.6 Å². The van der Waals surface area contributed by atoms with Crippen molar-refractivity contribution < 1.29 is 9.90 Å². The molecule has 0 saturated carbocycles. The van der Waals surface area contributed by atoms with E-state index in [4.69, 9.17) is 16.6 Å². The second-order valence-corrected chi connectivity index (χ2v) is 3.12. The van der Waals surface area contributed by atoms with Crippen LogP contribution in [0.3, 0.4) is 0 Å².